The van der Waals surface area contributed by atoms with Crippen LogP contribution in [-0.4, -0.2) is 51.9 Å². The molecule has 3 heterocycles. The van der Waals surface area contributed by atoms with Gasteiger partial charge in [0.2, 0.25) is 0 Å². The van der Waals surface area contributed by atoms with Gasteiger partial charge in [-0.2, -0.15) is 0 Å². The Balaban J connectivity index is 1.42. The number of anilines is 1. The lowest BCUT2D eigenvalue weighted by molar-refractivity contribution is 0.0520. The van der Waals surface area contributed by atoms with E-state index in [1.165, 1.54) is 0 Å². The van der Waals surface area contributed by atoms with Gasteiger partial charge in [-0.1, -0.05) is 6.07 Å². The fourth-order valence-corrected chi connectivity index (χ4v) is 3.98. The van der Waals surface area contributed by atoms with Gasteiger partial charge in [-0.05, 0) is 43.2 Å². The molecule has 0 bridgehead atoms. The van der Waals surface area contributed by atoms with Crippen LogP contribution >= 0.6 is 0 Å². The second-order valence-electron chi connectivity index (χ2n) is 7.14. The van der Waals surface area contributed by atoms with Crippen molar-refractivity contribution in [3.8, 4) is 0 Å². The van der Waals surface area contributed by atoms with Gasteiger partial charge >= 0.3 is 5.97 Å². The largest absolute Gasteiger partial charge is 0.461 e. The molecule has 1 saturated carbocycles. The number of fused-ring (bicyclic) bond motifs is 1. The molecule has 7 nitrogen and oxygen atoms in total. The van der Waals surface area contributed by atoms with Gasteiger partial charge in [0.05, 0.1) is 19.5 Å². The van der Waals surface area contributed by atoms with E-state index in [2.05, 4.69) is 22.0 Å². The molecule has 0 radical (unpaired) electrons. The van der Waals surface area contributed by atoms with Crippen LogP contribution in [-0.2, 0) is 11.3 Å². The Hall–Kier alpha value is -2.41. The van der Waals surface area contributed by atoms with Gasteiger partial charge in [-0.3, -0.25) is 0 Å². The molecular weight excluding hydrogens is 332 g/mol. The third-order valence-electron chi connectivity index (χ3n) is 5.56. The molecule has 1 aliphatic carbocycles. The first-order valence-electron chi connectivity index (χ1n) is 9.12. The Bertz CT molecular complexity index is 807. The number of carbonyl (C=O) groups is 1. The minimum Gasteiger partial charge on any atom is -0.461 e. The Morgan fingerprint density at radius 1 is 1.35 bits per heavy atom. The van der Waals surface area contributed by atoms with Gasteiger partial charge in [0.15, 0.2) is 5.69 Å². The van der Waals surface area contributed by atoms with Crippen molar-refractivity contribution in [2.24, 2.45) is 17.8 Å². The second kappa shape index (κ2) is 6.72. The second-order valence-corrected chi connectivity index (χ2v) is 7.14. The van der Waals surface area contributed by atoms with Crippen molar-refractivity contribution in [1.29, 1.82) is 0 Å². The van der Waals surface area contributed by atoms with Crippen molar-refractivity contribution in [2.45, 2.75) is 20.4 Å². The summed E-state index contributed by atoms with van der Waals surface area (Å²) in [6.07, 6.45) is 3.34. The van der Waals surface area contributed by atoms with E-state index in [4.69, 9.17) is 9.72 Å². The maximum Gasteiger partial charge on any atom is 0.358 e. The van der Waals surface area contributed by atoms with Crippen LogP contribution in [0.4, 0.5) is 5.82 Å². The quantitative estimate of drug-likeness (QED) is 0.790. The molecule has 2 fully saturated rings. The van der Waals surface area contributed by atoms with Crippen molar-refractivity contribution in [2.75, 3.05) is 31.2 Å². The lowest BCUT2D eigenvalue weighted by atomic mass is 10.2. The van der Waals surface area contributed by atoms with Gasteiger partial charge in [0.25, 0.3) is 0 Å². The van der Waals surface area contributed by atoms with Gasteiger partial charge in [-0.15, -0.1) is 0 Å². The van der Waals surface area contributed by atoms with E-state index in [-0.39, 0.29) is 0 Å². The summed E-state index contributed by atoms with van der Waals surface area (Å²) in [4.78, 5) is 22.9. The summed E-state index contributed by atoms with van der Waals surface area (Å²) < 4.78 is 6.84. The average Bonchev–Trinajstić information content (AvgIpc) is 3.00. The van der Waals surface area contributed by atoms with Crippen molar-refractivity contribution in [3.63, 3.8) is 0 Å². The van der Waals surface area contributed by atoms with Gasteiger partial charge in [-0.25, -0.2) is 14.8 Å². The highest BCUT2D eigenvalue weighted by Crippen LogP contribution is 2.51. The first kappa shape index (κ1) is 17.0. The molecule has 2 aliphatic rings. The SMILES string of the molecule is CCOC(=O)c1cn(Cc2ccc(N3C[C@@H]4[C@H](CO)[C@@H]4C3)nc2C)cn1. The fraction of sp³-hybridized carbons (Fsp3) is 0.526. The summed E-state index contributed by atoms with van der Waals surface area (Å²) in [6, 6.07) is 4.15. The first-order chi connectivity index (χ1) is 12.6. The van der Waals surface area contributed by atoms with Crippen LogP contribution in [0.15, 0.2) is 24.7 Å². The monoisotopic (exact) mass is 356 g/mol. The molecule has 3 atom stereocenters. The predicted molar refractivity (Wildman–Crippen MR) is 96.0 cm³/mol. The molecule has 0 unspecified atom stereocenters. The van der Waals surface area contributed by atoms with Crippen LogP contribution in [0, 0.1) is 24.7 Å². The third-order valence-corrected chi connectivity index (χ3v) is 5.56. The summed E-state index contributed by atoms with van der Waals surface area (Å²) in [7, 11) is 0. The number of hydrogen-bond acceptors (Lipinski definition) is 6. The van der Waals surface area contributed by atoms with E-state index in [0.29, 0.717) is 43.2 Å². The van der Waals surface area contributed by atoms with E-state index in [1.54, 1.807) is 19.4 Å². The van der Waals surface area contributed by atoms with Crippen LogP contribution in [0.3, 0.4) is 0 Å². The normalized spacial score (nSPS) is 23.8. The highest BCUT2D eigenvalue weighted by Gasteiger charge is 2.55. The number of hydrogen-bond donors (Lipinski definition) is 1. The van der Waals surface area contributed by atoms with Crippen molar-refractivity contribution >= 4 is 11.8 Å². The minimum atomic E-state index is -0.398. The van der Waals surface area contributed by atoms with E-state index >= 15 is 0 Å². The number of aromatic nitrogens is 3. The minimum absolute atomic E-state index is 0.313. The summed E-state index contributed by atoms with van der Waals surface area (Å²) in [5.41, 5.74) is 2.40. The van der Waals surface area contributed by atoms with Crippen LogP contribution in [0.5, 0.6) is 0 Å². The third kappa shape index (κ3) is 3.07. The molecule has 26 heavy (non-hydrogen) atoms. The number of aryl methyl sites for hydroxylation is 1. The molecule has 2 aromatic rings. The lowest BCUT2D eigenvalue weighted by Crippen LogP contribution is -2.25. The Morgan fingerprint density at radius 2 is 2.12 bits per heavy atom. The molecule has 0 aromatic carbocycles. The Labute approximate surface area is 152 Å². The molecule has 1 N–H and O–H groups in total. The number of imidazole rings is 1. The van der Waals surface area contributed by atoms with Crippen LogP contribution in [0.25, 0.3) is 0 Å². The van der Waals surface area contributed by atoms with E-state index in [1.807, 2.05) is 11.5 Å². The van der Waals surface area contributed by atoms with E-state index in [9.17, 15) is 9.90 Å². The zero-order valence-corrected chi connectivity index (χ0v) is 15.1. The molecule has 2 aromatic heterocycles. The number of ether oxygens (including phenoxy) is 1. The van der Waals surface area contributed by atoms with Crippen LogP contribution in [0.2, 0.25) is 0 Å². The van der Waals surface area contributed by atoms with E-state index in [0.717, 1.165) is 30.2 Å². The standard InChI is InChI=1S/C19H24N4O3/c1-3-26-19(25)17-9-22(11-20-17)6-13-4-5-18(21-12(13)2)23-7-14-15(8-23)16(14)10-24/h4-5,9,11,14-16,24H,3,6-8,10H2,1-2H3/t14-,15+,16-. The van der Waals surface area contributed by atoms with Crippen molar-refractivity contribution < 1.29 is 14.6 Å². The number of aliphatic hydroxyl groups excluding tert-OH is 1. The highest BCUT2D eigenvalue weighted by molar-refractivity contribution is 5.86. The number of pyridine rings is 1. The Kier molecular flexibility index (Phi) is 4.40. The number of esters is 1. The van der Waals surface area contributed by atoms with Gasteiger partial charge < -0.3 is 19.3 Å². The van der Waals surface area contributed by atoms with Gasteiger partial charge in [0.1, 0.15) is 5.82 Å². The van der Waals surface area contributed by atoms with Crippen molar-refractivity contribution in [3.05, 3.63) is 41.6 Å². The highest BCUT2D eigenvalue weighted by atomic mass is 16.5. The average molecular weight is 356 g/mol. The van der Waals surface area contributed by atoms with Crippen LogP contribution in [0.1, 0.15) is 28.7 Å². The number of aliphatic hydroxyl groups is 1. The summed E-state index contributed by atoms with van der Waals surface area (Å²) in [6.45, 7) is 7.04. The maximum absolute atomic E-state index is 11.7. The zero-order chi connectivity index (χ0) is 18.3. The Morgan fingerprint density at radius 3 is 2.77 bits per heavy atom. The molecule has 7 heteroatoms. The number of rotatable bonds is 6. The van der Waals surface area contributed by atoms with E-state index < -0.39 is 5.97 Å². The lowest BCUT2D eigenvalue weighted by Gasteiger charge is -2.21. The molecule has 4 rings (SSSR count). The molecule has 1 aliphatic heterocycles. The zero-order valence-electron chi connectivity index (χ0n) is 15.1. The molecule has 0 amide bonds. The summed E-state index contributed by atoms with van der Waals surface area (Å²) >= 11 is 0. The summed E-state index contributed by atoms with van der Waals surface area (Å²) in [5, 5.41) is 9.28. The maximum atomic E-state index is 11.7. The summed E-state index contributed by atoms with van der Waals surface area (Å²) in [5.74, 6) is 2.38. The number of piperidine rings is 1. The first-order valence-corrected chi connectivity index (χ1v) is 9.12. The van der Waals surface area contributed by atoms with Gasteiger partial charge in [0, 0.05) is 31.6 Å². The number of carbonyl (C=O) groups excluding carboxylic acids is 1. The molecule has 1 saturated heterocycles. The molecular formula is C19H24N4O3. The molecule has 138 valence electrons. The fourth-order valence-electron chi connectivity index (χ4n) is 3.98. The number of nitrogens with zero attached hydrogens (tertiary/aromatic N) is 4. The predicted octanol–water partition coefficient (Wildman–Crippen LogP) is 1.49. The van der Waals surface area contributed by atoms with Crippen molar-refractivity contribution in [1.82, 2.24) is 14.5 Å². The topological polar surface area (TPSA) is 80.5 Å². The smallest absolute Gasteiger partial charge is 0.358 e. The molecule has 0 spiro atoms. The van der Waals surface area contributed by atoms with Crippen LogP contribution < -0.4 is 4.90 Å².